The van der Waals surface area contributed by atoms with Crippen LogP contribution in [0.3, 0.4) is 0 Å². The Bertz CT molecular complexity index is 778. The average molecular weight is 373 g/mol. The molecule has 138 valence electrons. The van der Waals surface area contributed by atoms with E-state index in [1.54, 1.807) is 17.4 Å². The quantitative estimate of drug-likeness (QED) is 0.702. The van der Waals surface area contributed by atoms with Gasteiger partial charge in [-0.3, -0.25) is 0 Å². The summed E-state index contributed by atoms with van der Waals surface area (Å²) in [5.41, 5.74) is 1.37. The number of aromatic nitrogens is 1. The Kier molecular flexibility index (Phi) is 5.22. The lowest BCUT2D eigenvalue weighted by molar-refractivity contribution is 0.0598. The average Bonchev–Trinajstić information content (AvgIpc) is 3.29. The molecule has 4 rings (SSSR count). The van der Waals surface area contributed by atoms with Crippen molar-refractivity contribution in [1.29, 1.82) is 0 Å². The largest absolute Gasteiger partial charge is 0.491 e. The summed E-state index contributed by atoms with van der Waals surface area (Å²) >= 11 is 1.71. The molecule has 2 heterocycles. The maximum atomic E-state index is 12.1. The number of thiazole rings is 1. The fourth-order valence-corrected chi connectivity index (χ4v) is 4.38. The third-order valence-corrected chi connectivity index (χ3v) is 6.27. The van der Waals surface area contributed by atoms with Crippen LogP contribution < -0.4 is 4.74 Å². The molecule has 2 aliphatic rings. The third kappa shape index (κ3) is 3.76. The van der Waals surface area contributed by atoms with E-state index < -0.39 is 0 Å². The highest BCUT2D eigenvalue weighted by molar-refractivity contribution is 7.15. The van der Waals surface area contributed by atoms with Crippen LogP contribution in [0.15, 0.2) is 24.4 Å². The smallest absolute Gasteiger partial charge is 0.338 e. The lowest BCUT2D eigenvalue weighted by Crippen LogP contribution is -2.16. The summed E-state index contributed by atoms with van der Waals surface area (Å²) < 4.78 is 16.4. The van der Waals surface area contributed by atoms with Crippen LogP contribution in [0.25, 0.3) is 10.6 Å². The summed E-state index contributed by atoms with van der Waals surface area (Å²) in [7, 11) is 1.39. The van der Waals surface area contributed by atoms with Gasteiger partial charge in [-0.1, -0.05) is 6.42 Å². The van der Waals surface area contributed by atoms with Gasteiger partial charge in [-0.05, 0) is 49.8 Å². The zero-order valence-corrected chi connectivity index (χ0v) is 15.7. The van der Waals surface area contributed by atoms with Gasteiger partial charge >= 0.3 is 5.97 Å². The number of esters is 1. The van der Waals surface area contributed by atoms with E-state index in [0.29, 0.717) is 23.8 Å². The highest BCUT2D eigenvalue weighted by Crippen LogP contribution is 2.41. The van der Waals surface area contributed by atoms with Crippen LogP contribution in [-0.4, -0.2) is 37.4 Å². The van der Waals surface area contributed by atoms with Gasteiger partial charge in [0.15, 0.2) is 0 Å². The minimum atomic E-state index is -0.371. The first-order chi connectivity index (χ1) is 12.7. The van der Waals surface area contributed by atoms with Gasteiger partial charge in [0.1, 0.15) is 17.4 Å². The van der Waals surface area contributed by atoms with E-state index in [2.05, 4.69) is 4.98 Å². The van der Waals surface area contributed by atoms with Crippen molar-refractivity contribution in [3.63, 3.8) is 0 Å². The molecule has 26 heavy (non-hydrogen) atoms. The Morgan fingerprint density at radius 1 is 1.27 bits per heavy atom. The number of carbonyl (C=O) groups excluding carboxylic acids is 1. The van der Waals surface area contributed by atoms with E-state index >= 15 is 0 Å². The number of ether oxygens (including phenoxy) is 3. The van der Waals surface area contributed by atoms with Crippen molar-refractivity contribution in [3.05, 3.63) is 34.8 Å². The molecule has 0 N–H and O–H groups in total. The van der Waals surface area contributed by atoms with Gasteiger partial charge in [-0.15, -0.1) is 11.3 Å². The van der Waals surface area contributed by atoms with Gasteiger partial charge in [0.05, 0.1) is 18.8 Å². The Balaban J connectivity index is 1.58. The molecule has 6 heteroatoms. The third-order valence-electron chi connectivity index (χ3n) is 5.07. The number of carbonyl (C=O) groups is 1. The zero-order chi connectivity index (χ0) is 17.9. The van der Waals surface area contributed by atoms with Crippen molar-refractivity contribution in [1.82, 2.24) is 4.98 Å². The molecule has 5 nitrogen and oxygen atoms in total. The predicted octanol–water partition coefficient (Wildman–Crippen LogP) is 4.42. The topological polar surface area (TPSA) is 57.7 Å². The van der Waals surface area contributed by atoms with E-state index in [1.807, 2.05) is 18.3 Å². The molecule has 0 radical (unpaired) electrons. The van der Waals surface area contributed by atoms with Crippen LogP contribution in [0.1, 0.15) is 53.3 Å². The first kappa shape index (κ1) is 17.5. The lowest BCUT2D eigenvalue weighted by atomic mass is 9.85. The first-order valence-corrected chi connectivity index (χ1v) is 9.98. The molecule has 1 aliphatic heterocycles. The van der Waals surface area contributed by atoms with Crippen LogP contribution in [0.2, 0.25) is 0 Å². The molecule has 1 aromatic heterocycles. The van der Waals surface area contributed by atoms with Crippen molar-refractivity contribution in [2.75, 3.05) is 20.3 Å². The van der Waals surface area contributed by atoms with Crippen molar-refractivity contribution in [2.45, 2.75) is 44.1 Å². The summed E-state index contributed by atoms with van der Waals surface area (Å²) in [6.45, 7) is 1.29. The summed E-state index contributed by atoms with van der Waals surface area (Å²) in [6, 6.07) is 5.50. The van der Waals surface area contributed by atoms with Gasteiger partial charge < -0.3 is 14.2 Å². The van der Waals surface area contributed by atoms with Gasteiger partial charge in [0.25, 0.3) is 0 Å². The van der Waals surface area contributed by atoms with Crippen LogP contribution in [0.4, 0.5) is 0 Å². The Hall–Kier alpha value is -1.92. The highest BCUT2D eigenvalue weighted by Gasteiger charge is 2.23. The second-order valence-corrected chi connectivity index (χ2v) is 7.94. The van der Waals surface area contributed by atoms with Gasteiger partial charge in [-0.25, -0.2) is 9.78 Å². The molecule has 1 saturated carbocycles. The van der Waals surface area contributed by atoms with Crippen LogP contribution >= 0.6 is 11.3 Å². The van der Waals surface area contributed by atoms with E-state index in [9.17, 15) is 4.79 Å². The Morgan fingerprint density at radius 2 is 2.15 bits per heavy atom. The molecule has 0 spiro atoms. The molecule has 2 fully saturated rings. The number of rotatable bonds is 6. The second-order valence-electron chi connectivity index (χ2n) is 6.88. The van der Waals surface area contributed by atoms with Crippen molar-refractivity contribution >= 4 is 17.3 Å². The Labute approximate surface area is 157 Å². The highest BCUT2D eigenvalue weighted by atomic mass is 32.1. The van der Waals surface area contributed by atoms with Gasteiger partial charge in [-0.2, -0.15) is 0 Å². The molecule has 1 atom stereocenters. The summed E-state index contributed by atoms with van der Waals surface area (Å²) in [4.78, 5) is 18.0. The van der Waals surface area contributed by atoms with Crippen molar-refractivity contribution in [2.24, 2.45) is 0 Å². The monoisotopic (exact) mass is 373 g/mol. The molecule has 1 saturated heterocycles. The summed E-state index contributed by atoms with van der Waals surface area (Å²) in [5.74, 6) is 0.934. The fraction of sp³-hybridized carbons (Fsp3) is 0.500. The molecule has 1 aromatic carbocycles. The lowest BCUT2D eigenvalue weighted by Gasteiger charge is -2.23. The Morgan fingerprint density at radius 3 is 2.85 bits per heavy atom. The molecule has 2 aromatic rings. The molecule has 0 unspecified atom stereocenters. The van der Waals surface area contributed by atoms with E-state index in [0.717, 1.165) is 30.0 Å². The zero-order valence-electron chi connectivity index (χ0n) is 14.9. The van der Waals surface area contributed by atoms with Crippen molar-refractivity contribution in [3.8, 4) is 16.3 Å². The van der Waals surface area contributed by atoms with Crippen molar-refractivity contribution < 1.29 is 19.0 Å². The summed E-state index contributed by atoms with van der Waals surface area (Å²) in [6.07, 6.45) is 7.99. The molecule has 1 aliphatic carbocycles. The number of hydrogen-bond acceptors (Lipinski definition) is 6. The molecule has 0 bridgehead atoms. The predicted molar refractivity (Wildman–Crippen MR) is 100.0 cm³/mol. The SMILES string of the molecule is COC(=O)c1cc(OC[C@H]2CCCO2)cc(-c2ncc(C3CCC3)s2)c1. The normalized spacial score (nSPS) is 20.0. The fourth-order valence-electron chi connectivity index (χ4n) is 3.31. The number of benzene rings is 1. The van der Waals surface area contributed by atoms with Crippen LogP contribution in [-0.2, 0) is 9.47 Å². The summed E-state index contributed by atoms with van der Waals surface area (Å²) in [5, 5.41) is 0.916. The van der Waals surface area contributed by atoms with Crippen LogP contribution in [0.5, 0.6) is 5.75 Å². The second kappa shape index (κ2) is 7.76. The standard InChI is InChI=1S/C20H23NO4S/c1-23-20(22)15-8-14(19-21-11-18(26-19)13-4-2-5-13)9-17(10-15)25-12-16-6-3-7-24-16/h8-11,13,16H,2-7,12H2,1H3/t16-/m1/s1. The maximum Gasteiger partial charge on any atom is 0.338 e. The number of methoxy groups -OCH3 is 1. The number of hydrogen-bond donors (Lipinski definition) is 0. The minimum Gasteiger partial charge on any atom is -0.491 e. The molecular formula is C20H23NO4S. The molecule has 0 amide bonds. The van der Waals surface area contributed by atoms with Gasteiger partial charge in [0, 0.05) is 23.2 Å². The first-order valence-electron chi connectivity index (χ1n) is 9.17. The van der Waals surface area contributed by atoms with Gasteiger partial charge in [0.2, 0.25) is 0 Å². The molecular weight excluding hydrogens is 350 g/mol. The van der Waals surface area contributed by atoms with E-state index in [4.69, 9.17) is 14.2 Å². The minimum absolute atomic E-state index is 0.130. The maximum absolute atomic E-state index is 12.1. The van der Waals surface area contributed by atoms with E-state index in [-0.39, 0.29) is 12.1 Å². The number of nitrogens with zero attached hydrogens (tertiary/aromatic N) is 1. The van der Waals surface area contributed by atoms with Crippen LogP contribution in [0, 0.1) is 0 Å². The van der Waals surface area contributed by atoms with E-state index in [1.165, 1.54) is 31.2 Å².